The zero-order valence-electron chi connectivity index (χ0n) is 5.93. The summed E-state index contributed by atoms with van der Waals surface area (Å²) >= 11 is 0. The standard InChI is InChI=1S/C6H9N3O/c1-4-6(7-2)5(3-10)9-8-4/h3,7H,1-2H3,(H,8,9). The Labute approximate surface area is 58.6 Å². The molecule has 1 aromatic heterocycles. The maximum absolute atomic E-state index is 10.3. The van der Waals surface area contributed by atoms with Crippen LogP contribution in [0.15, 0.2) is 0 Å². The fraction of sp³-hybridized carbons (Fsp3) is 0.333. The number of aryl methyl sites for hydroxylation is 1. The van der Waals surface area contributed by atoms with Gasteiger partial charge in [-0.1, -0.05) is 0 Å². The molecule has 0 aliphatic rings. The molecule has 0 aromatic carbocycles. The van der Waals surface area contributed by atoms with Crippen molar-refractivity contribution in [1.29, 1.82) is 0 Å². The lowest BCUT2D eigenvalue weighted by Gasteiger charge is -1.94. The summed E-state index contributed by atoms with van der Waals surface area (Å²) < 4.78 is 0. The monoisotopic (exact) mass is 139 g/mol. The molecule has 1 aromatic rings. The minimum absolute atomic E-state index is 0.431. The fourth-order valence-electron chi connectivity index (χ4n) is 0.849. The number of rotatable bonds is 2. The zero-order chi connectivity index (χ0) is 7.56. The summed E-state index contributed by atoms with van der Waals surface area (Å²) in [6.45, 7) is 1.85. The van der Waals surface area contributed by atoms with Crippen LogP contribution in [0.2, 0.25) is 0 Å². The van der Waals surface area contributed by atoms with E-state index in [9.17, 15) is 4.79 Å². The van der Waals surface area contributed by atoms with Crippen molar-refractivity contribution in [1.82, 2.24) is 10.2 Å². The number of anilines is 1. The highest BCUT2D eigenvalue weighted by atomic mass is 16.1. The van der Waals surface area contributed by atoms with E-state index in [-0.39, 0.29) is 0 Å². The molecule has 10 heavy (non-hydrogen) atoms. The zero-order valence-corrected chi connectivity index (χ0v) is 5.93. The molecule has 2 N–H and O–H groups in total. The lowest BCUT2D eigenvalue weighted by Crippen LogP contribution is -1.92. The molecule has 0 saturated carbocycles. The third kappa shape index (κ3) is 0.877. The van der Waals surface area contributed by atoms with Crippen LogP contribution in [0.5, 0.6) is 0 Å². The molecule has 0 bridgehead atoms. The largest absolute Gasteiger partial charge is 0.385 e. The third-order valence-electron chi connectivity index (χ3n) is 1.34. The van der Waals surface area contributed by atoms with E-state index in [1.54, 1.807) is 7.05 Å². The SMILES string of the molecule is CNc1c(C=O)n[nH]c1C. The lowest BCUT2D eigenvalue weighted by atomic mass is 10.3. The van der Waals surface area contributed by atoms with E-state index in [2.05, 4.69) is 15.5 Å². The van der Waals surface area contributed by atoms with E-state index in [0.29, 0.717) is 5.69 Å². The van der Waals surface area contributed by atoms with E-state index < -0.39 is 0 Å². The first kappa shape index (κ1) is 6.80. The molecule has 0 spiro atoms. The average molecular weight is 139 g/mol. The van der Waals surface area contributed by atoms with Crippen LogP contribution in [0.1, 0.15) is 16.2 Å². The Hall–Kier alpha value is -1.32. The number of hydrogen-bond donors (Lipinski definition) is 2. The molecule has 0 unspecified atom stereocenters. The van der Waals surface area contributed by atoms with Gasteiger partial charge in [0.05, 0.1) is 11.4 Å². The highest BCUT2D eigenvalue weighted by Crippen LogP contribution is 2.13. The molecular weight excluding hydrogens is 130 g/mol. The maximum Gasteiger partial charge on any atom is 0.172 e. The second-order valence-electron chi connectivity index (χ2n) is 1.98. The van der Waals surface area contributed by atoms with Crippen molar-refractivity contribution < 1.29 is 4.79 Å². The molecule has 54 valence electrons. The van der Waals surface area contributed by atoms with Crippen LogP contribution in [0.4, 0.5) is 5.69 Å². The Kier molecular flexibility index (Phi) is 1.71. The highest BCUT2D eigenvalue weighted by Gasteiger charge is 2.05. The van der Waals surface area contributed by atoms with Crippen molar-refractivity contribution in [3.05, 3.63) is 11.4 Å². The Morgan fingerprint density at radius 3 is 2.80 bits per heavy atom. The lowest BCUT2D eigenvalue weighted by molar-refractivity contribution is 0.111. The molecule has 0 amide bonds. The molecule has 0 fully saturated rings. The Morgan fingerprint density at radius 1 is 1.70 bits per heavy atom. The Bertz CT molecular complexity index is 241. The van der Waals surface area contributed by atoms with Crippen molar-refractivity contribution in [2.24, 2.45) is 0 Å². The van der Waals surface area contributed by atoms with E-state index in [4.69, 9.17) is 0 Å². The smallest absolute Gasteiger partial charge is 0.172 e. The van der Waals surface area contributed by atoms with Crippen molar-refractivity contribution in [3.63, 3.8) is 0 Å². The average Bonchev–Trinajstić information content (AvgIpc) is 2.30. The van der Waals surface area contributed by atoms with E-state index >= 15 is 0 Å². The van der Waals surface area contributed by atoms with Crippen LogP contribution in [0.25, 0.3) is 0 Å². The van der Waals surface area contributed by atoms with Gasteiger partial charge in [-0.15, -0.1) is 0 Å². The minimum Gasteiger partial charge on any atom is -0.385 e. The summed E-state index contributed by atoms with van der Waals surface area (Å²) in [5.41, 5.74) is 2.08. The predicted molar refractivity (Wildman–Crippen MR) is 38.3 cm³/mol. The third-order valence-corrected chi connectivity index (χ3v) is 1.34. The van der Waals surface area contributed by atoms with Gasteiger partial charge in [-0.25, -0.2) is 0 Å². The molecule has 0 aliphatic carbocycles. The molecule has 1 rings (SSSR count). The van der Waals surface area contributed by atoms with E-state index in [0.717, 1.165) is 17.7 Å². The topological polar surface area (TPSA) is 57.8 Å². The summed E-state index contributed by atoms with van der Waals surface area (Å²) in [5, 5.41) is 9.31. The predicted octanol–water partition coefficient (Wildman–Crippen LogP) is 0.572. The number of aldehydes is 1. The number of aromatic nitrogens is 2. The quantitative estimate of drug-likeness (QED) is 0.589. The number of hydrogen-bond acceptors (Lipinski definition) is 3. The van der Waals surface area contributed by atoms with Gasteiger partial charge in [-0.05, 0) is 6.92 Å². The van der Waals surface area contributed by atoms with Crippen LogP contribution in [-0.2, 0) is 0 Å². The van der Waals surface area contributed by atoms with Gasteiger partial charge in [0, 0.05) is 7.05 Å². The molecule has 0 saturated heterocycles. The Morgan fingerprint density at radius 2 is 2.40 bits per heavy atom. The molecular formula is C6H9N3O. The van der Waals surface area contributed by atoms with Crippen LogP contribution in [-0.4, -0.2) is 23.5 Å². The van der Waals surface area contributed by atoms with Gasteiger partial charge in [-0.2, -0.15) is 5.10 Å². The number of carbonyl (C=O) groups excluding carboxylic acids is 1. The summed E-state index contributed by atoms with van der Waals surface area (Å²) in [7, 11) is 1.75. The fourth-order valence-corrected chi connectivity index (χ4v) is 0.849. The summed E-state index contributed by atoms with van der Waals surface area (Å²) in [6.07, 6.45) is 0.718. The van der Waals surface area contributed by atoms with Gasteiger partial charge in [0.15, 0.2) is 6.29 Å². The van der Waals surface area contributed by atoms with Gasteiger partial charge in [-0.3, -0.25) is 9.89 Å². The molecule has 0 aliphatic heterocycles. The minimum atomic E-state index is 0.431. The van der Waals surface area contributed by atoms with Crippen molar-refractivity contribution >= 4 is 12.0 Å². The molecule has 0 atom stereocenters. The number of nitrogens with zero attached hydrogens (tertiary/aromatic N) is 1. The second kappa shape index (κ2) is 2.51. The van der Waals surface area contributed by atoms with Gasteiger partial charge in [0.25, 0.3) is 0 Å². The first-order chi connectivity index (χ1) is 4.79. The normalized spacial score (nSPS) is 9.40. The second-order valence-corrected chi connectivity index (χ2v) is 1.98. The van der Waals surface area contributed by atoms with E-state index in [1.807, 2.05) is 6.92 Å². The molecule has 0 radical (unpaired) electrons. The molecule has 4 nitrogen and oxygen atoms in total. The van der Waals surface area contributed by atoms with Crippen LogP contribution in [0.3, 0.4) is 0 Å². The number of nitrogens with one attached hydrogen (secondary N) is 2. The van der Waals surface area contributed by atoms with Gasteiger partial charge < -0.3 is 5.32 Å². The van der Waals surface area contributed by atoms with Crippen LogP contribution in [0, 0.1) is 6.92 Å². The first-order valence-electron chi connectivity index (χ1n) is 2.97. The van der Waals surface area contributed by atoms with Gasteiger partial charge in [0.2, 0.25) is 0 Å². The van der Waals surface area contributed by atoms with Gasteiger partial charge in [0.1, 0.15) is 5.69 Å². The van der Waals surface area contributed by atoms with Crippen molar-refractivity contribution in [2.45, 2.75) is 6.92 Å². The number of carbonyl (C=O) groups is 1. The summed E-state index contributed by atoms with van der Waals surface area (Å²) in [4.78, 5) is 10.3. The first-order valence-corrected chi connectivity index (χ1v) is 2.97. The van der Waals surface area contributed by atoms with Crippen LogP contribution < -0.4 is 5.32 Å². The van der Waals surface area contributed by atoms with Crippen molar-refractivity contribution in [3.8, 4) is 0 Å². The molecule has 4 heteroatoms. The Balaban J connectivity index is 3.12. The number of aromatic amines is 1. The maximum atomic E-state index is 10.3. The van der Waals surface area contributed by atoms with E-state index in [1.165, 1.54) is 0 Å². The van der Waals surface area contributed by atoms with Crippen molar-refractivity contribution in [2.75, 3.05) is 12.4 Å². The summed E-state index contributed by atoms with van der Waals surface area (Å²) in [5.74, 6) is 0. The summed E-state index contributed by atoms with van der Waals surface area (Å²) in [6, 6.07) is 0. The number of H-pyrrole nitrogens is 1. The highest BCUT2D eigenvalue weighted by molar-refractivity contribution is 5.82. The van der Waals surface area contributed by atoms with Gasteiger partial charge >= 0.3 is 0 Å². The van der Waals surface area contributed by atoms with Crippen LogP contribution >= 0.6 is 0 Å². The molecule has 1 heterocycles.